The normalized spacial score (nSPS) is 23.1. The van der Waals surface area contributed by atoms with Crippen molar-refractivity contribution in [3.63, 3.8) is 0 Å². The molecule has 0 heterocycles. The molecule has 1 aliphatic rings. The van der Waals surface area contributed by atoms with E-state index in [0.29, 0.717) is 11.7 Å². The molecule has 0 aromatic heterocycles. The molecule has 0 spiro atoms. The molecular formula is C25H42O3. The number of hydrogen-bond acceptors (Lipinski definition) is 3. The van der Waals surface area contributed by atoms with E-state index >= 15 is 0 Å². The monoisotopic (exact) mass is 390 g/mol. The first-order valence-electron chi connectivity index (χ1n) is 11.5. The number of aliphatic hydroxyl groups excluding tert-OH is 2. The molecule has 28 heavy (non-hydrogen) atoms. The Morgan fingerprint density at radius 1 is 1.04 bits per heavy atom. The molecule has 1 aliphatic carbocycles. The zero-order valence-electron chi connectivity index (χ0n) is 18.3. The highest BCUT2D eigenvalue weighted by molar-refractivity contribution is 5.42. The van der Waals surface area contributed by atoms with Gasteiger partial charge in [-0.25, -0.2) is 0 Å². The van der Waals surface area contributed by atoms with Gasteiger partial charge in [0, 0.05) is 6.61 Å². The molecule has 1 aromatic carbocycles. The first-order valence-corrected chi connectivity index (χ1v) is 11.5. The fourth-order valence-corrected chi connectivity index (χ4v) is 4.87. The molecule has 1 fully saturated rings. The summed E-state index contributed by atoms with van der Waals surface area (Å²) in [5.41, 5.74) is 2.27. The van der Waals surface area contributed by atoms with Crippen LogP contribution in [0.15, 0.2) is 18.2 Å². The number of phenolic OH excluding ortho intramolecular Hbond substituents is 1. The van der Waals surface area contributed by atoms with Crippen LogP contribution in [0, 0.1) is 5.92 Å². The zero-order chi connectivity index (χ0) is 20.6. The van der Waals surface area contributed by atoms with Crippen molar-refractivity contribution >= 4 is 0 Å². The number of aliphatic hydroxyl groups is 2. The summed E-state index contributed by atoms with van der Waals surface area (Å²) < 4.78 is 0. The number of unbranched alkanes of at least 4 members (excludes halogenated alkanes) is 4. The molecule has 0 bridgehead atoms. The molecule has 160 valence electrons. The second-order valence-electron chi connectivity index (χ2n) is 9.52. The van der Waals surface area contributed by atoms with E-state index in [-0.39, 0.29) is 24.0 Å². The Balaban J connectivity index is 2.11. The van der Waals surface area contributed by atoms with E-state index in [4.69, 9.17) is 5.11 Å². The van der Waals surface area contributed by atoms with Crippen molar-refractivity contribution in [3.8, 4) is 5.75 Å². The van der Waals surface area contributed by atoms with Crippen LogP contribution in [-0.4, -0.2) is 28.0 Å². The molecule has 0 radical (unpaired) electrons. The average Bonchev–Trinajstić information content (AvgIpc) is 2.66. The van der Waals surface area contributed by atoms with Gasteiger partial charge in [0.15, 0.2) is 0 Å². The maximum Gasteiger partial charge on any atom is 0.119 e. The summed E-state index contributed by atoms with van der Waals surface area (Å²) in [7, 11) is 0. The maximum atomic E-state index is 10.9. The van der Waals surface area contributed by atoms with E-state index in [1.54, 1.807) is 0 Å². The lowest BCUT2D eigenvalue weighted by Crippen LogP contribution is -2.27. The van der Waals surface area contributed by atoms with Crippen molar-refractivity contribution in [3.05, 3.63) is 29.3 Å². The fourth-order valence-electron chi connectivity index (χ4n) is 4.87. The second-order valence-corrected chi connectivity index (χ2v) is 9.52. The summed E-state index contributed by atoms with van der Waals surface area (Å²) in [5.74, 6) is 1.09. The Morgan fingerprint density at radius 3 is 2.50 bits per heavy atom. The minimum Gasteiger partial charge on any atom is -0.508 e. The van der Waals surface area contributed by atoms with E-state index in [1.165, 1.54) is 31.2 Å². The molecule has 1 saturated carbocycles. The highest BCUT2D eigenvalue weighted by atomic mass is 16.3. The van der Waals surface area contributed by atoms with Crippen molar-refractivity contribution in [2.45, 2.75) is 109 Å². The lowest BCUT2D eigenvalue weighted by atomic mass is 9.71. The molecule has 0 unspecified atom stereocenters. The van der Waals surface area contributed by atoms with Crippen LogP contribution in [0.25, 0.3) is 0 Å². The zero-order valence-corrected chi connectivity index (χ0v) is 18.3. The standard InChI is InChI=1S/C25H42O3/c1-4-5-6-8-15-25(2,3)20-12-14-22(24(28)17-20)23-18-21(27)13-11-19(23)10-7-9-16-26/h12,14,17,19,21,23,26-28H,4-11,13,15-16,18H2,1-3H3/t19-,21-,23-/m0/s1. The quantitative estimate of drug-likeness (QED) is 0.403. The van der Waals surface area contributed by atoms with Gasteiger partial charge in [0.25, 0.3) is 0 Å². The second kappa shape index (κ2) is 11.2. The van der Waals surface area contributed by atoms with E-state index in [1.807, 2.05) is 6.07 Å². The van der Waals surface area contributed by atoms with Crippen LogP contribution < -0.4 is 0 Å². The highest BCUT2D eigenvalue weighted by Gasteiger charge is 2.32. The van der Waals surface area contributed by atoms with Gasteiger partial charge in [-0.1, -0.05) is 65.0 Å². The Bertz CT molecular complexity index is 581. The number of aromatic hydroxyl groups is 1. The van der Waals surface area contributed by atoms with Gasteiger partial charge >= 0.3 is 0 Å². The Kier molecular flexibility index (Phi) is 9.30. The van der Waals surface area contributed by atoms with E-state index in [2.05, 4.69) is 32.9 Å². The molecule has 3 nitrogen and oxygen atoms in total. The largest absolute Gasteiger partial charge is 0.508 e. The molecule has 0 amide bonds. The summed E-state index contributed by atoms with van der Waals surface area (Å²) in [6, 6.07) is 6.28. The SMILES string of the molecule is CCCCCCC(C)(C)c1ccc([C@H]2C[C@@H](O)CC[C@@H]2CCCCO)c(O)c1. The molecule has 0 saturated heterocycles. The number of hydrogen-bond donors (Lipinski definition) is 3. The molecule has 3 atom stereocenters. The third-order valence-electron chi connectivity index (χ3n) is 6.82. The third kappa shape index (κ3) is 6.49. The van der Waals surface area contributed by atoms with Gasteiger partial charge < -0.3 is 15.3 Å². The Labute approximate surface area is 172 Å². The van der Waals surface area contributed by atoms with Crippen molar-refractivity contribution in [1.29, 1.82) is 0 Å². The van der Waals surface area contributed by atoms with Gasteiger partial charge in [0.1, 0.15) is 5.75 Å². The van der Waals surface area contributed by atoms with Crippen LogP contribution in [0.5, 0.6) is 5.75 Å². The minimum absolute atomic E-state index is 0.0658. The molecule has 3 N–H and O–H groups in total. The fraction of sp³-hybridized carbons (Fsp3) is 0.760. The first-order chi connectivity index (χ1) is 13.4. The summed E-state index contributed by atoms with van der Waals surface area (Å²) >= 11 is 0. The number of benzene rings is 1. The van der Waals surface area contributed by atoms with Gasteiger partial charge in [0.2, 0.25) is 0 Å². The van der Waals surface area contributed by atoms with Crippen molar-refractivity contribution in [1.82, 2.24) is 0 Å². The molecular weight excluding hydrogens is 348 g/mol. The van der Waals surface area contributed by atoms with Gasteiger partial charge in [-0.05, 0) is 73.0 Å². The molecule has 0 aliphatic heterocycles. The highest BCUT2D eigenvalue weighted by Crippen LogP contribution is 2.44. The van der Waals surface area contributed by atoms with Crippen LogP contribution in [0.3, 0.4) is 0 Å². The smallest absolute Gasteiger partial charge is 0.119 e. The molecule has 1 aromatic rings. The van der Waals surface area contributed by atoms with Crippen molar-refractivity contribution < 1.29 is 15.3 Å². The van der Waals surface area contributed by atoms with Crippen LogP contribution in [0.2, 0.25) is 0 Å². The lowest BCUT2D eigenvalue weighted by Gasteiger charge is -2.35. The van der Waals surface area contributed by atoms with Crippen molar-refractivity contribution in [2.24, 2.45) is 5.92 Å². The lowest BCUT2D eigenvalue weighted by molar-refractivity contribution is 0.0890. The summed E-state index contributed by atoms with van der Waals surface area (Å²) in [4.78, 5) is 0. The van der Waals surface area contributed by atoms with E-state index in [9.17, 15) is 10.2 Å². The summed E-state index contributed by atoms with van der Waals surface area (Å²) in [6.45, 7) is 7.03. The predicted octanol–water partition coefficient (Wildman–Crippen LogP) is 6.05. The van der Waals surface area contributed by atoms with Crippen molar-refractivity contribution in [2.75, 3.05) is 6.61 Å². The van der Waals surface area contributed by atoms with Gasteiger partial charge in [0.05, 0.1) is 6.10 Å². The number of phenols is 1. The average molecular weight is 391 g/mol. The maximum absolute atomic E-state index is 10.9. The number of rotatable bonds is 11. The van der Waals surface area contributed by atoms with Gasteiger partial charge in [-0.3, -0.25) is 0 Å². The Hall–Kier alpha value is -1.06. The minimum atomic E-state index is -0.270. The van der Waals surface area contributed by atoms with Crippen LogP contribution in [0.4, 0.5) is 0 Å². The summed E-state index contributed by atoms with van der Waals surface area (Å²) in [6.07, 6.45) is 11.4. The first kappa shape index (κ1) is 23.2. The van der Waals surface area contributed by atoms with E-state index < -0.39 is 0 Å². The predicted molar refractivity (Wildman–Crippen MR) is 117 cm³/mol. The van der Waals surface area contributed by atoms with Crippen LogP contribution in [0.1, 0.15) is 108 Å². The third-order valence-corrected chi connectivity index (χ3v) is 6.82. The molecule has 3 heteroatoms. The summed E-state index contributed by atoms with van der Waals surface area (Å²) in [5, 5.41) is 30.2. The topological polar surface area (TPSA) is 60.7 Å². The van der Waals surface area contributed by atoms with Gasteiger partial charge in [-0.15, -0.1) is 0 Å². The molecule has 2 rings (SSSR count). The van der Waals surface area contributed by atoms with Crippen LogP contribution >= 0.6 is 0 Å². The van der Waals surface area contributed by atoms with Crippen LogP contribution in [-0.2, 0) is 5.41 Å². The van der Waals surface area contributed by atoms with Gasteiger partial charge in [-0.2, -0.15) is 0 Å². The van der Waals surface area contributed by atoms with E-state index in [0.717, 1.165) is 50.5 Å². The Morgan fingerprint density at radius 2 is 1.82 bits per heavy atom.